The van der Waals surface area contributed by atoms with Gasteiger partial charge in [0.1, 0.15) is 0 Å². The molecule has 1 aromatic heterocycles. The number of benzene rings is 1. The van der Waals surface area contributed by atoms with E-state index in [0.29, 0.717) is 16.4 Å². The number of carbonyl (C=O) groups is 2. The molecule has 0 fully saturated rings. The standard InChI is InChI=1S/C14H14N4O3S/c1-21-13(20)10-4-2-9(3-5-10)7-16-18-12(19)6-11-8-22-14(15)17-11/h2-5,7-8H,6H2,1H3,(H2,15,17)(H,18,19)/b16-7+. The van der Waals surface area contributed by atoms with E-state index in [1.165, 1.54) is 24.7 Å². The fourth-order valence-electron chi connectivity index (χ4n) is 1.61. The monoisotopic (exact) mass is 318 g/mol. The molecule has 0 unspecified atom stereocenters. The minimum atomic E-state index is -0.403. The molecule has 1 aromatic carbocycles. The number of ether oxygens (including phenoxy) is 1. The number of anilines is 1. The molecule has 0 spiro atoms. The molecular weight excluding hydrogens is 304 g/mol. The Morgan fingerprint density at radius 2 is 2.14 bits per heavy atom. The minimum absolute atomic E-state index is 0.117. The second-order valence-corrected chi connectivity index (χ2v) is 5.15. The van der Waals surface area contributed by atoms with Crippen molar-refractivity contribution in [2.24, 2.45) is 5.10 Å². The molecule has 3 N–H and O–H groups in total. The molecule has 0 bridgehead atoms. The van der Waals surface area contributed by atoms with Crippen LogP contribution >= 0.6 is 11.3 Å². The lowest BCUT2D eigenvalue weighted by Crippen LogP contribution is -2.19. The van der Waals surface area contributed by atoms with E-state index in [0.717, 1.165) is 5.56 Å². The number of hydrazone groups is 1. The number of nitrogen functional groups attached to an aromatic ring is 1. The number of carbonyl (C=O) groups excluding carboxylic acids is 2. The molecule has 0 aliphatic heterocycles. The average Bonchev–Trinajstić information content (AvgIpc) is 2.92. The number of nitrogens with one attached hydrogen (secondary N) is 1. The summed E-state index contributed by atoms with van der Waals surface area (Å²) in [4.78, 5) is 26.9. The van der Waals surface area contributed by atoms with Gasteiger partial charge in [0, 0.05) is 5.38 Å². The first kappa shape index (κ1) is 15.6. The zero-order valence-corrected chi connectivity index (χ0v) is 12.6. The number of aromatic nitrogens is 1. The molecule has 0 saturated heterocycles. The van der Waals surface area contributed by atoms with Gasteiger partial charge in [-0.2, -0.15) is 5.10 Å². The highest BCUT2D eigenvalue weighted by atomic mass is 32.1. The maximum Gasteiger partial charge on any atom is 0.337 e. The third-order valence-electron chi connectivity index (χ3n) is 2.65. The van der Waals surface area contributed by atoms with Crippen LogP contribution < -0.4 is 11.2 Å². The summed E-state index contributed by atoms with van der Waals surface area (Å²) < 4.78 is 4.60. The Balaban J connectivity index is 1.86. The Morgan fingerprint density at radius 1 is 1.41 bits per heavy atom. The van der Waals surface area contributed by atoms with Crippen molar-refractivity contribution in [2.75, 3.05) is 12.8 Å². The first-order valence-electron chi connectivity index (χ1n) is 6.28. The number of hydrogen-bond acceptors (Lipinski definition) is 7. The van der Waals surface area contributed by atoms with Gasteiger partial charge in [0.25, 0.3) is 0 Å². The SMILES string of the molecule is COC(=O)c1ccc(/C=N/NC(=O)Cc2csc(N)n2)cc1. The lowest BCUT2D eigenvalue weighted by Gasteiger charge is -1.99. The number of methoxy groups -OCH3 is 1. The maximum absolute atomic E-state index is 11.6. The Kier molecular flexibility index (Phi) is 5.21. The van der Waals surface area contributed by atoms with Gasteiger partial charge in [-0.25, -0.2) is 15.2 Å². The van der Waals surface area contributed by atoms with Gasteiger partial charge in [0.05, 0.1) is 31.0 Å². The third kappa shape index (κ3) is 4.38. The Bertz CT molecular complexity index is 694. The summed E-state index contributed by atoms with van der Waals surface area (Å²) in [5.74, 6) is -0.688. The van der Waals surface area contributed by atoms with Crippen molar-refractivity contribution in [3.05, 3.63) is 46.5 Å². The van der Waals surface area contributed by atoms with Crippen LogP contribution in [0.2, 0.25) is 0 Å². The number of thiazole rings is 1. The van der Waals surface area contributed by atoms with Crippen LogP contribution in [0.25, 0.3) is 0 Å². The van der Waals surface area contributed by atoms with Gasteiger partial charge in [0.15, 0.2) is 5.13 Å². The molecule has 2 aromatic rings. The van der Waals surface area contributed by atoms with Crippen molar-refractivity contribution in [2.45, 2.75) is 6.42 Å². The van der Waals surface area contributed by atoms with Crippen LogP contribution in [0.4, 0.5) is 5.13 Å². The van der Waals surface area contributed by atoms with Crippen LogP contribution in [0.1, 0.15) is 21.6 Å². The number of esters is 1. The fraction of sp³-hybridized carbons (Fsp3) is 0.143. The molecule has 0 radical (unpaired) electrons. The Labute approximate surface area is 130 Å². The zero-order chi connectivity index (χ0) is 15.9. The second-order valence-electron chi connectivity index (χ2n) is 4.26. The minimum Gasteiger partial charge on any atom is -0.465 e. The molecule has 0 saturated carbocycles. The van der Waals surface area contributed by atoms with Crippen molar-refractivity contribution < 1.29 is 14.3 Å². The van der Waals surface area contributed by atoms with Gasteiger partial charge >= 0.3 is 5.97 Å². The van der Waals surface area contributed by atoms with Gasteiger partial charge in [-0.05, 0) is 17.7 Å². The first-order valence-corrected chi connectivity index (χ1v) is 7.16. The summed E-state index contributed by atoms with van der Waals surface area (Å²) in [5, 5.41) is 6.00. The molecule has 0 aliphatic rings. The van der Waals surface area contributed by atoms with E-state index in [-0.39, 0.29) is 12.3 Å². The molecule has 8 heteroatoms. The summed E-state index contributed by atoms with van der Waals surface area (Å²) >= 11 is 1.28. The normalized spacial score (nSPS) is 10.6. The molecule has 22 heavy (non-hydrogen) atoms. The van der Waals surface area contributed by atoms with Crippen LogP contribution in [0, 0.1) is 0 Å². The predicted octanol–water partition coefficient (Wildman–Crippen LogP) is 1.20. The van der Waals surface area contributed by atoms with E-state index >= 15 is 0 Å². The van der Waals surface area contributed by atoms with E-state index in [1.54, 1.807) is 29.6 Å². The molecular formula is C14H14N4O3S. The lowest BCUT2D eigenvalue weighted by atomic mass is 10.1. The van der Waals surface area contributed by atoms with E-state index in [1.807, 2.05) is 0 Å². The first-order chi connectivity index (χ1) is 10.6. The number of nitrogens with zero attached hydrogens (tertiary/aromatic N) is 2. The van der Waals surface area contributed by atoms with Gasteiger partial charge in [0.2, 0.25) is 5.91 Å². The predicted molar refractivity (Wildman–Crippen MR) is 83.7 cm³/mol. The van der Waals surface area contributed by atoms with Gasteiger partial charge < -0.3 is 10.5 Å². The van der Waals surface area contributed by atoms with Crippen LogP contribution in [0.3, 0.4) is 0 Å². The van der Waals surface area contributed by atoms with Gasteiger partial charge in [-0.1, -0.05) is 12.1 Å². The van der Waals surface area contributed by atoms with Crippen LogP contribution in [-0.2, 0) is 16.0 Å². The van der Waals surface area contributed by atoms with Crippen LogP contribution in [-0.4, -0.2) is 30.2 Å². The van der Waals surface area contributed by atoms with Crippen molar-refractivity contribution in [1.29, 1.82) is 0 Å². The number of nitrogens with two attached hydrogens (primary N) is 1. The smallest absolute Gasteiger partial charge is 0.337 e. The maximum atomic E-state index is 11.6. The zero-order valence-electron chi connectivity index (χ0n) is 11.8. The van der Waals surface area contributed by atoms with Crippen LogP contribution in [0.5, 0.6) is 0 Å². The summed E-state index contributed by atoms with van der Waals surface area (Å²) in [7, 11) is 1.32. The highest BCUT2D eigenvalue weighted by Crippen LogP contribution is 2.11. The average molecular weight is 318 g/mol. The lowest BCUT2D eigenvalue weighted by molar-refractivity contribution is -0.120. The highest BCUT2D eigenvalue weighted by molar-refractivity contribution is 7.13. The molecule has 7 nitrogen and oxygen atoms in total. The molecule has 1 amide bonds. The second kappa shape index (κ2) is 7.32. The third-order valence-corrected chi connectivity index (χ3v) is 3.37. The highest BCUT2D eigenvalue weighted by Gasteiger charge is 2.06. The van der Waals surface area contributed by atoms with E-state index in [4.69, 9.17) is 5.73 Å². The van der Waals surface area contributed by atoms with Crippen LogP contribution in [0.15, 0.2) is 34.7 Å². The van der Waals surface area contributed by atoms with Crippen molar-refractivity contribution in [3.8, 4) is 0 Å². The molecule has 114 valence electrons. The molecule has 0 aliphatic carbocycles. The topological polar surface area (TPSA) is 107 Å². The van der Waals surface area contributed by atoms with Crippen molar-refractivity contribution in [3.63, 3.8) is 0 Å². The number of hydrogen-bond donors (Lipinski definition) is 2. The van der Waals surface area contributed by atoms with E-state index < -0.39 is 5.97 Å². The van der Waals surface area contributed by atoms with E-state index in [9.17, 15) is 9.59 Å². The van der Waals surface area contributed by atoms with Gasteiger partial charge in [-0.3, -0.25) is 4.79 Å². The number of amides is 1. The summed E-state index contributed by atoms with van der Waals surface area (Å²) in [6.07, 6.45) is 1.60. The van der Waals surface area contributed by atoms with Crippen molar-refractivity contribution in [1.82, 2.24) is 10.4 Å². The Morgan fingerprint density at radius 3 is 2.73 bits per heavy atom. The van der Waals surface area contributed by atoms with Crippen molar-refractivity contribution >= 4 is 34.6 Å². The quantitative estimate of drug-likeness (QED) is 0.489. The van der Waals surface area contributed by atoms with Gasteiger partial charge in [-0.15, -0.1) is 11.3 Å². The molecule has 1 heterocycles. The summed E-state index contributed by atoms with van der Waals surface area (Å²) in [6.45, 7) is 0. The molecule has 2 rings (SSSR count). The summed E-state index contributed by atoms with van der Waals surface area (Å²) in [5.41, 5.74) is 9.69. The van der Waals surface area contributed by atoms with E-state index in [2.05, 4.69) is 20.2 Å². The largest absolute Gasteiger partial charge is 0.465 e. The molecule has 0 atom stereocenters. The Hall–Kier alpha value is -2.74. The fourth-order valence-corrected chi connectivity index (χ4v) is 2.17. The number of rotatable bonds is 5. The summed E-state index contributed by atoms with van der Waals surface area (Å²) in [6, 6.07) is 6.63.